The number of nitrogens with one attached hydrogen (secondary N) is 1. The van der Waals surface area contributed by atoms with Crippen LogP contribution >= 0.6 is 0 Å². The average Bonchev–Trinajstić information content (AvgIpc) is 3.40. The van der Waals surface area contributed by atoms with E-state index in [0.29, 0.717) is 12.0 Å². The molecule has 1 unspecified atom stereocenters. The van der Waals surface area contributed by atoms with Gasteiger partial charge in [-0.15, -0.1) is 0 Å². The van der Waals surface area contributed by atoms with E-state index in [1.54, 1.807) is 0 Å². The summed E-state index contributed by atoms with van der Waals surface area (Å²) in [6.07, 6.45) is 8.42. The Morgan fingerprint density at radius 2 is 1.94 bits per heavy atom. The van der Waals surface area contributed by atoms with Crippen molar-refractivity contribution in [2.45, 2.75) is 76.5 Å². The number of nitrogens with zero attached hydrogens (tertiary/aromatic N) is 4. The number of amides is 1. The van der Waals surface area contributed by atoms with E-state index in [1.807, 2.05) is 0 Å². The van der Waals surface area contributed by atoms with Crippen molar-refractivity contribution < 1.29 is 4.79 Å². The molecule has 0 aliphatic carbocycles. The molecule has 32 heavy (non-hydrogen) atoms. The van der Waals surface area contributed by atoms with Crippen LogP contribution in [-0.4, -0.2) is 57.7 Å². The molecule has 0 spiro atoms. The Labute approximate surface area is 191 Å². The van der Waals surface area contributed by atoms with Crippen molar-refractivity contribution >= 4 is 5.91 Å². The van der Waals surface area contributed by atoms with Gasteiger partial charge in [0.1, 0.15) is 0 Å². The van der Waals surface area contributed by atoms with Gasteiger partial charge in [-0.1, -0.05) is 12.1 Å². The van der Waals surface area contributed by atoms with E-state index < -0.39 is 0 Å². The number of aryl methyl sites for hydroxylation is 2. The lowest BCUT2D eigenvalue weighted by Gasteiger charge is -2.32. The fraction of sp³-hybridized carbons (Fsp3) is 0.615. The summed E-state index contributed by atoms with van der Waals surface area (Å²) in [6, 6.07) is 9.35. The number of benzene rings is 1. The monoisotopic (exact) mass is 433 g/mol. The molecule has 0 radical (unpaired) electrons. The van der Waals surface area contributed by atoms with Crippen molar-refractivity contribution in [2.24, 2.45) is 0 Å². The quantitative estimate of drug-likeness (QED) is 0.804. The van der Waals surface area contributed by atoms with Gasteiger partial charge in [-0.3, -0.25) is 14.4 Å². The molecule has 1 aromatic carbocycles. The summed E-state index contributed by atoms with van der Waals surface area (Å²) >= 11 is 0. The van der Waals surface area contributed by atoms with Crippen molar-refractivity contribution in [3.05, 3.63) is 52.3 Å². The van der Waals surface area contributed by atoms with Crippen LogP contribution in [0.2, 0.25) is 0 Å². The van der Waals surface area contributed by atoms with Crippen LogP contribution in [-0.2, 0) is 26.1 Å². The Balaban J connectivity index is 1.08. The largest absolute Gasteiger partial charge is 0.330 e. The maximum absolute atomic E-state index is 13.0. The zero-order chi connectivity index (χ0) is 21.5. The van der Waals surface area contributed by atoms with Crippen LogP contribution in [0.15, 0.2) is 24.3 Å². The molecule has 2 saturated heterocycles. The van der Waals surface area contributed by atoms with Gasteiger partial charge >= 0.3 is 0 Å². The molecule has 1 amide bonds. The molecule has 1 atom stereocenters. The van der Waals surface area contributed by atoms with Crippen LogP contribution in [0.1, 0.15) is 77.3 Å². The number of likely N-dealkylation sites (tertiary alicyclic amines) is 1. The predicted octanol–water partition coefficient (Wildman–Crippen LogP) is 3.31. The zero-order valence-corrected chi connectivity index (χ0v) is 19.1. The third-order valence-corrected chi connectivity index (χ3v) is 8.08. The third kappa shape index (κ3) is 3.88. The number of piperidine rings is 2. The molecule has 6 rings (SSSR count). The zero-order valence-electron chi connectivity index (χ0n) is 19.1. The minimum absolute atomic E-state index is 0.234. The van der Waals surface area contributed by atoms with Gasteiger partial charge in [0, 0.05) is 43.5 Å². The van der Waals surface area contributed by atoms with Crippen LogP contribution in [0.4, 0.5) is 0 Å². The number of carbonyl (C=O) groups excluding carboxylic acids is 1. The number of fused-ring (bicyclic) bond motifs is 2. The number of aromatic nitrogens is 2. The Morgan fingerprint density at radius 3 is 2.75 bits per heavy atom. The topological polar surface area (TPSA) is 53.4 Å². The normalized spacial score (nSPS) is 24.6. The van der Waals surface area contributed by atoms with Gasteiger partial charge in [-0.05, 0) is 93.8 Å². The number of hydrogen-bond acceptors (Lipinski definition) is 4. The first-order chi connectivity index (χ1) is 15.7. The van der Waals surface area contributed by atoms with Crippen LogP contribution in [0.5, 0.6) is 0 Å². The number of rotatable bonds is 4. The Morgan fingerprint density at radius 1 is 1.03 bits per heavy atom. The molecule has 0 saturated carbocycles. The van der Waals surface area contributed by atoms with Gasteiger partial charge in [0.25, 0.3) is 5.91 Å². The van der Waals surface area contributed by atoms with Gasteiger partial charge in [-0.2, -0.15) is 5.10 Å². The molecule has 2 fully saturated rings. The van der Waals surface area contributed by atoms with E-state index in [4.69, 9.17) is 5.10 Å². The van der Waals surface area contributed by atoms with Gasteiger partial charge in [0.05, 0.1) is 5.69 Å². The molecule has 0 bridgehead atoms. The Kier molecular flexibility index (Phi) is 5.51. The van der Waals surface area contributed by atoms with E-state index in [9.17, 15) is 4.79 Å². The molecular formula is C26H35N5O. The second-order valence-corrected chi connectivity index (χ2v) is 10.2. The van der Waals surface area contributed by atoms with Gasteiger partial charge in [-0.25, -0.2) is 0 Å². The third-order valence-electron chi connectivity index (χ3n) is 8.08. The number of hydrogen-bond donors (Lipinski definition) is 1. The first kappa shape index (κ1) is 20.4. The van der Waals surface area contributed by atoms with Crippen molar-refractivity contribution in [3.63, 3.8) is 0 Å². The van der Waals surface area contributed by atoms with Gasteiger partial charge in [0.2, 0.25) is 0 Å². The molecule has 6 nitrogen and oxygen atoms in total. The summed E-state index contributed by atoms with van der Waals surface area (Å²) in [5.41, 5.74) is 6.27. The maximum atomic E-state index is 13.0. The molecule has 1 N–H and O–H groups in total. The second kappa shape index (κ2) is 8.64. The van der Waals surface area contributed by atoms with Crippen LogP contribution in [0, 0.1) is 0 Å². The maximum Gasteiger partial charge on any atom is 0.254 e. The molecular weight excluding hydrogens is 398 g/mol. The molecule has 2 aromatic rings. The Bertz CT molecular complexity index is 961. The Hall–Kier alpha value is -2.18. The van der Waals surface area contributed by atoms with E-state index in [2.05, 4.69) is 44.1 Å². The minimum Gasteiger partial charge on any atom is -0.330 e. The molecule has 170 valence electrons. The summed E-state index contributed by atoms with van der Waals surface area (Å²) in [5, 5.41) is 8.30. The fourth-order valence-electron chi connectivity index (χ4n) is 6.22. The van der Waals surface area contributed by atoms with Crippen LogP contribution in [0.25, 0.3) is 0 Å². The first-order valence-corrected chi connectivity index (χ1v) is 12.7. The van der Waals surface area contributed by atoms with E-state index >= 15 is 0 Å². The smallest absolute Gasteiger partial charge is 0.254 e. The minimum atomic E-state index is 0.234. The number of carbonyl (C=O) groups is 1. The standard InChI is InChI=1S/C26H35N5O/c32-26-25-7-6-20(14-21(25)17-30(26)24-5-3-10-27-16-24)19-8-12-29(13-9-19)18-22-15-23-4-1-2-11-31(23)28-22/h6-7,14-15,19,24,27H,1-5,8-13,16-18H2. The van der Waals surface area contributed by atoms with E-state index in [-0.39, 0.29) is 5.91 Å². The van der Waals surface area contributed by atoms with E-state index in [0.717, 1.165) is 64.2 Å². The van der Waals surface area contributed by atoms with E-state index in [1.165, 1.54) is 54.6 Å². The highest BCUT2D eigenvalue weighted by Crippen LogP contribution is 2.33. The lowest BCUT2D eigenvalue weighted by Crippen LogP contribution is -2.46. The highest BCUT2D eigenvalue weighted by molar-refractivity contribution is 5.98. The molecule has 4 aliphatic rings. The molecule has 6 heteroatoms. The fourth-order valence-corrected chi connectivity index (χ4v) is 6.22. The van der Waals surface area contributed by atoms with Gasteiger partial charge < -0.3 is 10.2 Å². The second-order valence-electron chi connectivity index (χ2n) is 10.2. The van der Waals surface area contributed by atoms with Crippen molar-refractivity contribution in [1.82, 2.24) is 24.9 Å². The predicted molar refractivity (Wildman–Crippen MR) is 125 cm³/mol. The summed E-state index contributed by atoms with van der Waals surface area (Å²) in [5.74, 6) is 0.838. The van der Waals surface area contributed by atoms with Crippen molar-refractivity contribution in [3.8, 4) is 0 Å². The lowest BCUT2D eigenvalue weighted by molar-refractivity contribution is 0.0674. The molecule has 1 aromatic heterocycles. The SMILES string of the molecule is O=C1c2ccc(C3CCN(Cc4cc5n(n4)CCCC5)CC3)cc2CN1C1CCCNC1. The molecule has 4 aliphatic heterocycles. The highest BCUT2D eigenvalue weighted by Gasteiger charge is 2.34. The summed E-state index contributed by atoms with van der Waals surface area (Å²) < 4.78 is 2.23. The summed E-state index contributed by atoms with van der Waals surface area (Å²) in [6.45, 7) is 7.13. The highest BCUT2D eigenvalue weighted by atomic mass is 16.2. The van der Waals surface area contributed by atoms with Crippen LogP contribution < -0.4 is 5.32 Å². The van der Waals surface area contributed by atoms with Crippen molar-refractivity contribution in [2.75, 3.05) is 26.2 Å². The van der Waals surface area contributed by atoms with Crippen molar-refractivity contribution in [1.29, 1.82) is 0 Å². The average molecular weight is 434 g/mol. The van der Waals surface area contributed by atoms with Crippen LogP contribution in [0.3, 0.4) is 0 Å². The molecule has 5 heterocycles. The summed E-state index contributed by atoms with van der Waals surface area (Å²) in [7, 11) is 0. The van der Waals surface area contributed by atoms with Gasteiger partial charge in [0.15, 0.2) is 0 Å². The first-order valence-electron chi connectivity index (χ1n) is 12.7. The summed E-state index contributed by atoms with van der Waals surface area (Å²) in [4.78, 5) is 17.6. The lowest BCUT2D eigenvalue weighted by atomic mass is 9.88.